The highest BCUT2D eigenvalue weighted by Crippen LogP contribution is 2.34. The molecule has 0 radical (unpaired) electrons. The van der Waals surface area contributed by atoms with E-state index in [9.17, 15) is 13.2 Å². The largest absolute Gasteiger partial charge is 0.456 e. The Morgan fingerprint density at radius 2 is 1.80 bits per heavy atom. The maximum absolute atomic E-state index is 12.1. The van der Waals surface area contributed by atoms with E-state index in [4.69, 9.17) is 10.5 Å². The van der Waals surface area contributed by atoms with E-state index in [1.54, 1.807) is 49.4 Å². The molecule has 2 aromatic rings. The highest BCUT2D eigenvalue weighted by Gasteiger charge is 2.45. The molecule has 0 spiro atoms. The number of ether oxygens (including phenoxy) is 1. The monoisotopic (exact) mass is 360 g/mol. The molecule has 0 unspecified atom stereocenters. The van der Waals surface area contributed by atoms with Crippen LogP contribution in [0.15, 0.2) is 53.4 Å². The van der Waals surface area contributed by atoms with Crippen LogP contribution in [0.5, 0.6) is 11.5 Å². The normalized spacial score (nSPS) is 15.4. The van der Waals surface area contributed by atoms with E-state index in [1.807, 2.05) is 0 Å². The number of carbonyl (C=O) groups is 1. The van der Waals surface area contributed by atoms with Gasteiger partial charge < -0.3 is 15.8 Å². The number of carbonyl (C=O) groups excluding carboxylic acids is 1. The van der Waals surface area contributed by atoms with Crippen LogP contribution in [0.1, 0.15) is 19.8 Å². The first-order valence-electron chi connectivity index (χ1n) is 8.04. The second kappa shape index (κ2) is 6.50. The van der Waals surface area contributed by atoms with Gasteiger partial charge in [-0.25, -0.2) is 8.42 Å². The Labute approximate surface area is 146 Å². The first kappa shape index (κ1) is 17.4. The Kier molecular flexibility index (Phi) is 4.53. The molecule has 1 amide bonds. The minimum Gasteiger partial charge on any atom is -0.456 e. The smallest absolute Gasteiger partial charge is 0.244 e. The van der Waals surface area contributed by atoms with E-state index in [-0.39, 0.29) is 22.3 Å². The van der Waals surface area contributed by atoms with E-state index in [0.717, 1.165) is 0 Å². The fourth-order valence-electron chi connectivity index (χ4n) is 2.30. The third-order valence-corrected chi connectivity index (χ3v) is 5.91. The molecule has 7 heteroatoms. The number of para-hydroxylation sites is 1. The molecule has 3 rings (SSSR count). The highest BCUT2D eigenvalue weighted by atomic mass is 32.2. The van der Waals surface area contributed by atoms with E-state index >= 15 is 0 Å². The number of anilines is 1. The van der Waals surface area contributed by atoms with Crippen LogP contribution in [0.25, 0.3) is 0 Å². The van der Waals surface area contributed by atoms with Gasteiger partial charge in [-0.15, -0.1) is 0 Å². The predicted molar refractivity (Wildman–Crippen MR) is 95.5 cm³/mol. The molecule has 0 aromatic heterocycles. The first-order chi connectivity index (χ1) is 11.8. The van der Waals surface area contributed by atoms with Gasteiger partial charge in [0.25, 0.3) is 0 Å². The summed E-state index contributed by atoms with van der Waals surface area (Å²) in [5, 5.41) is 2.76. The van der Waals surface area contributed by atoms with Crippen LogP contribution in [0.2, 0.25) is 0 Å². The topological polar surface area (TPSA) is 98.5 Å². The van der Waals surface area contributed by atoms with Gasteiger partial charge in [0.1, 0.15) is 16.4 Å². The third kappa shape index (κ3) is 3.83. The summed E-state index contributed by atoms with van der Waals surface area (Å²) in [7, 11) is -3.38. The van der Waals surface area contributed by atoms with Crippen LogP contribution in [0.3, 0.4) is 0 Å². The quantitative estimate of drug-likeness (QED) is 0.825. The zero-order valence-corrected chi connectivity index (χ0v) is 14.7. The zero-order chi connectivity index (χ0) is 18.1. The molecule has 25 heavy (non-hydrogen) atoms. The van der Waals surface area contributed by atoms with Crippen LogP contribution >= 0.6 is 0 Å². The van der Waals surface area contributed by atoms with Crippen molar-refractivity contribution in [3.63, 3.8) is 0 Å². The molecular weight excluding hydrogens is 340 g/mol. The molecule has 1 fully saturated rings. The fourth-order valence-corrected chi connectivity index (χ4v) is 3.31. The maximum Gasteiger partial charge on any atom is 0.244 e. The van der Waals surface area contributed by atoms with E-state index in [0.29, 0.717) is 24.3 Å². The van der Waals surface area contributed by atoms with Gasteiger partial charge in [-0.1, -0.05) is 19.1 Å². The van der Waals surface area contributed by atoms with Crippen LogP contribution in [0.4, 0.5) is 5.69 Å². The Morgan fingerprint density at radius 3 is 2.40 bits per heavy atom. The van der Waals surface area contributed by atoms with Crippen molar-refractivity contribution < 1.29 is 17.9 Å². The van der Waals surface area contributed by atoms with Gasteiger partial charge in [-0.05, 0) is 49.2 Å². The van der Waals surface area contributed by atoms with Crippen molar-refractivity contribution in [2.45, 2.75) is 30.2 Å². The molecule has 3 N–H and O–H groups in total. The van der Waals surface area contributed by atoms with Crippen molar-refractivity contribution in [3.05, 3.63) is 48.5 Å². The van der Waals surface area contributed by atoms with Gasteiger partial charge in [0, 0.05) is 5.69 Å². The number of hydrogen-bond acceptors (Lipinski definition) is 5. The molecule has 0 bridgehead atoms. The lowest BCUT2D eigenvalue weighted by Gasteiger charge is -2.12. The van der Waals surface area contributed by atoms with Crippen LogP contribution in [-0.2, 0) is 14.6 Å². The van der Waals surface area contributed by atoms with Crippen LogP contribution in [-0.4, -0.2) is 25.6 Å². The molecule has 6 nitrogen and oxygen atoms in total. The number of hydrogen-bond donors (Lipinski definition) is 2. The molecule has 0 aliphatic heterocycles. The lowest BCUT2D eigenvalue weighted by Crippen LogP contribution is -2.37. The number of amides is 1. The molecule has 1 aliphatic carbocycles. The summed E-state index contributed by atoms with van der Waals surface area (Å²) in [6.45, 7) is 1.59. The minimum absolute atomic E-state index is 0.000812. The van der Waals surface area contributed by atoms with Crippen molar-refractivity contribution in [2.75, 3.05) is 11.1 Å². The standard InChI is InChI=1S/C18H20N2O4S/c1-2-25(22,23)16-6-4-3-5-15(16)24-14-9-7-13(8-10-14)20-17(21)18(19)11-12-18/h3-10H,2,11-12,19H2,1H3,(H,20,21). The molecule has 0 atom stereocenters. The number of sulfone groups is 1. The Hall–Kier alpha value is -2.38. The van der Waals surface area contributed by atoms with Crippen molar-refractivity contribution in [3.8, 4) is 11.5 Å². The van der Waals surface area contributed by atoms with Gasteiger partial charge in [0.15, 0.2) is 9.84 Å². The summed E-state index contributed by atoms with van der Waals surface area (Å²) < 4.78 is 30.0. The SMILES string of the molecule is CCS(=O)(=O)c1ccccc1Oc1ccc(NC(=O)C2(N)CC2)cc1. The van der Waals surface area contributed by atoms with Crippen molar-refractivity contribution in [1.29, 1.82) is 0 Å². The Balaban J connectivity index is 1.75. The molecule has 1 aliphatic rings. The molecule has 132 valence electrons. The Morgan fingerprint density at radius 1 is 1.16 bits per heavy atom. The average Bonchev–Trinajstić information content (AvgIpc) is 3.36. The van der Waals surface area contributed by atoms with E-state index in [2.05, 4.69) is 5.32 Å². The van der Waals surface area contributed by atoms with Gasteiger partial charge >= 0.3 is 0 Å². The van der Waals surface area contributed by atoms with Gasteiger partial charge in [0.2, 0.25) is 5.91 Å². The number of benzene rings is 2. The molecule has 0 saturated heterocycles. The fraction of sp³-hybridized carbons (Fsp3) is 0.278. The number of rotatable bonds is 6. The average molecular weight is 360 g/mol. The summed E-state index contributed by atoms with van der Waals surface area (Å²) in [6, 6.07) is 13.2. The summed E-state index contributed by atoms with van der Waals surface area (Å²) in [4.78, 5) is 12.1. The highest BCUT2D eigenvalue weighted by molar-refractivity contribution is 7.91. The van der Waals surface area contributed by atoms with Crippen molar-refractivity contribution >= 4 is 21.4 Å². The summed E-state index contributed by atoms with van der Waals surface area (Å²) in [5.41, 5.74) is 5.73. The zero-order valence-electron chi connectivity index (χ0n) is 13.9. The van der Waals surface area contributed by atoms with Gasteiger partial charge in [-0.2, -0.15) is 0 Å². The Bertz CT molecular complexity index is 888. The second-order valence-electron chi connectivity index (χ2n) is 6.09. The lowest BCUT2D eigenvalue weighted by atomic mass is 10.2. The summed E-state index contributed by atoms with van der Waals surface area (Å²) in [5.74, 6) is 0.560. The summed E-state index contributed by atoms with van der Waals surface area (Å²) >= 11 is 0. The molecule has 2 aromatic carbocycles. The third-order valence-electron chi connectivity index (χ3n) is 4.15. The first-order valence-corrected chi connectivity index (χ1v) is 9.69. The van der Waals surface area contributed by atoms with Crippen LogP contribution in [0, 0.1) is 0 Å². The van der Waals surface area contributed by atoms with Crippen LogP contribution < -0.4 is 15.8 Å². The van der Waals surface area contributed by atoms with Crippen molar-refractivity contribution in [2.24, 2.45) is 5.73 Å². The second-order valence-corrected chi connectivity index (χ2v) is 8.33. The molecular formula is C18H20N2O4S. The van der Waals surface area contributed by atoms with E-state index < -0.39 is 15.4 Å². The lowest BCUT2D eigenvalue weighted by molar-refractivity contribution is -0.118. The van der Waals surface area contributed by atoms with Crippen molar-refractivity contribution in [1.82, 2.24) is 0 Å². The van der Waals surface area contributed by atoms with Gasteiger partial charge in [0.05, 0.1) is 11.3 Å². The number of nitrogens with one attached hydrogen (secondary N) is 1. The van der Waals surface area contributed by atoms with E-state index in [1.165, 1.54) is 6.07 Å². The molecule has 0 heterocycles. The van der Waals surface area contributed by atoms with Gasteiger partial charge in [-0.3, -0.25) is 4.79 Å². The molecule has 1 saturated carbocycles. The summed E-state index contributed by atoms with van der Waals surface area (Å²) in [6.07, 6.45) is 1.39. The number of nitrogens with two attached hydrogens (primary N) is 1. The maximum atomic E-state index is 12.1. The predicted octanol–water partition coefficient (Wildman–Crippen LogP) is 2.70. The minimum atomic E-state index is -3.38.